The highest BCUT2D eigenvalue weighted by atomic mass is 32.2. The average molecular weight is 467 g/mol. The summed E-state index contributed by atoms with van der Waals surface area (Å²) in [4.78, 5) is 51.5. The molecule has 1 N–H and O–H groups in total. The van der Waals surface area contributed by atoms with Crippen molar-refractivity contribution in [2.24, 2.45) is 0 Å². The van der Waals surface area contributed by atoms with Crippen molar-refractivity contribution in [2.75, 3.05) is 6.61 Å². The van der Waals surface area contributed by atoms with Crippen LogP contribution in [0.25, 0.3) is 0 Å². The van der Waals surface area contributed by atoms with E-state index in [0.717, 1.165) is 11.8 Å². The van der Waals surface area contributed by atoms with Gasteiger partial charge in [-0.05, 0) is 19.1 Å². The summed E-state index contributed by atoms with van der Waals surface area (Å²) < 4.78 is 12.8. The summed E-state index contributed by atoms with van der Waals surface area (Å²) in [7, 11) is 0. The molecule has 1 fully saturated rings. The molecule has 8 nitrogen and oxygen atoms in total. The molecule has 0 spiro atoms. The summed E-state index contributed by atoms with van der Waals surface area (Å²) in [6, 6.07) is 17.4. The molecule has 0 saturated carbocycles. The van der Waals surface area contributed by atoms with E-state index < -0.39 is 29.6 Å². The number of aromatic amines is 1. The minimum Gasteiger partial charge on any atom is -0.459 e. The first-order valence-corrected chi connectivity index (χ1v) is 11.3. The van der Waals surface area contributed by atoms with Gasteiger partial charge in [0.25, 0.3) is 5.56 Å². The molecule has 2 aromatic carbocycles. The van der Waals surface area contributed by atoms with Crippen molar-refractivity contribution in [1.29, 1.82) is 0 Å². The number of aryl methyl sites for hydroxylation is 1. The Balaban J connectivity index is 1.53. The Bertz CT molecular complexity index is 1260. The molecule has 1 aliphatic heterocycles. The molecule has 0 amide bonds. The standard InChI is InChI=1S/C24H22N2O6S/c1-15-13-26(24(30)25-21(15)27)20-12-19(33-23(29)17-10-6-3-7-11-17)18(32-20)14-31-22(28)16-8-4-2-5-9-16/h2-11,13,18-20H,12,14H2,1H3,(H,25,27,30)/t18-,19+,20-/m1/s1. The molecule has 0 unspecified atom stereocenters. The smallest absolute Gasteiger partial charge is 0.338 e. The molecule has 0 aliphatic carbocycles. The number of H-pyrrole nitrogens is 1. The first kappa shape index (κ1) is 22.8. The Morgan fingerprint density at radius 2 is 1.70 bits per heavy atom. The predicted molar refractivity (Wildman–Crippen MR) is 123 cm³/mol. The molecular formula is C24H22N2O6S. The Morgan fingerprint density at radius 1 is 1.06 bits per heavy atom. The number of nitrogens with zero attached hydrogens (tertiary/aromatic N) is 1. The van der Waals surface area contributed by atoms with E-state index in [1.54, 1.807) is 61.5 Å². The first-order valence-electron chi connectivity index (χ1n) is 10.4. The number of rotatable bonds is 6. The van der Waals surface area contributed by atoms with Crippen LogP contribution in [0.1, 0.15) is 38.9 Å². The van der Waals surface area contributed by atoms with Crippen LogP contribution in [0.15, 0.2) is 76.4 Å². The van der Waals surface area contributed by atoms with E-state index in [2.05, 4.69) is 4.98 Å². The molecule has 9 heteroatoms. The Labute approximate surface area is 193 Å². The average Bonchev–Trinajstić information content (AvgIpc) is 3.23. The van der Waals surface area contributed by atoms with Crippen LogP contribution in [0.5, 0.6) is 0 Å². The minimum atomic E-state index is -0.713. The van der Waals surface area contributed by atoms with Crippen molar-refractivity contribution in [1.82, 2.24) is 9.55 Å². The molecule has 0 bridgehead atoms. The van der Waals surface area contributed by atoms with Gasteiger partial charge < -0.3 is 9.47 Å². The van der Waals surface area contributed by atoms with Crippen LogP contribution in [0, 0.1) is 6.92 Å². The van der Waals surface area contributed by atoms with Crippen LogP contribution >= 0.6 is 11.8 Å². The van der Waals surface area contributed by atoms with Crippen molar-refractivity contribution in [3.8, 4) is 0 Å². The molecule has 3 atom stereocenters. The summed E-state index contributed by atoms with van der Waals surface area (Å²) >= 11 is 1.08. The van der Waals surface area contributed by atoms with Crippen molar-refractivity contribution in [2.45, 2.75) is 30.9 Å². The van der Waals surface area contributed by atoms with Gasteiger partial charge in [0.05, 0.1) is 5.56 Å². The fraction of sp³-hybridized carbons (Fsp3) is 0.250. The van der Waals surface area contributed by atoms with Gasteiger partial charge in [-0.3, -0.25) is 19.1 Å². The maximum absolute atomic E-state index is 12.8. The van der Waals surface area contributed by atoms with Gasteiger partial charge in [-0.25, -0.2) is 9.59 Å². The Hall–Kier alpha value is -3.43. The van der Waals surface area contributed by atoms with Crippen LogP contribution in [0.4, 0.5) is 0 Å². The molecule has 1 aromatic heterocycles. The van der Waals surface area contributed by atoms with Gasteiger partial charge in [-0.2, -0.15) is 0 Å². The summed E-state index contributed by atoms with van der Waals surface area (Å²) in [6.45, 7) is 1.51. The number of hydrogen-bond acceptors (Lipinski definition) is 7. The zero-order valence-corrected chi connectivity index (χ0v) is 18.6. The quantitative estimate of drug-likeness (QED) is 0.557. The lowest BCUT2D eigenvalue weighted by atomic mass is 10.2. The molecule has 3 aromatic rings. The van der Waals surface area contributed by atoms with Crippen molar-refractivity contribution in [3.63, 3.8) is 0 Å². The summed E-state index contributed by atoms with van der Waals surface area (Å²) in [5.41, 5.74) is 0.247. The monoisotopic (exact) mass is 466 g/mol. The number of thioether (sulfide) groups is 1. The lowest BCUT2D eigenvalue weighted by molar-refractivity contribution is -0.0332. The normalized spacial score (nSPS) is 19.8. The topological polar surface area (TPSA) is 107 Å². The number of hydrogen-bond donors (Lipinski definition) is 1. The third-order valence-electron chi connectivity index (χ3n) is 5.29. The van der Waals surface area contributed by atoms with E-state index in [1.165, 1.54) is 10.8 Å². The maximum atomic E-state index is 12.8. The van der Waals surface area contributed by atoms with Crippen molar-refractivity contribution in [3.05, 3.63) is 104 Å². The summed E-state index contributed by atoms with van der Waals surface area (Å²) in [5.74, 6) is -0.502. The highest BCUT2D eigenvalue weighted by molar-refractivity contribution is 8.14. The van der Waals surface area contributed by atoms with E-state index >= 15 is 0 Å². The van der Waals surface area contributed by atoms with E-state index in [9.17, 15) is 19.2 Å². The van der Waals surface area contributed by atoms with Crippen LogP contribution in [-0.2, 0) is 9.47 Å². The largest absolute Gasteiger partial charge is 0.459 e. The van der Waals surface area contributed by atoms with Crippen LogP contribution in [0.2, 0.25) is 0 Å². The second-order valence-corrected chi connectivity index (χ2v) is 8.83. The molecular weight excluding hydrogens is 444 g/mol. The van der Waals surface area contributed by atoms with Crippen LogP contribution < -0.4 is 11.2 Å². The van der Waals surface area contributed by atoms with Gasteiger partial charge in [-0.1, -0.05) is 60.3 Å². The second-order valence-electron chi connectivity index (χ2n) is 7.62. The van der Waals surface area contributed by atoms with Gasteiger partial charge in [0.2, 0.25) is 5.12 Å². The fourth-order valence-electron chi connectivity index (χ4n) is 3.54. The zero-order chi connectivity index (χ0) is 23.4. The van der Waals surface area contributed by atoms with Crippen LogP contribution in [-0.4, -0.2) is 38.6 Å². The number of benzene rings is 2. The zero-order valence-electron chi connectivity index (χ0n) is 17.8. The summed E-state index contributed by atoms with van der Waals surface area (Å²) in [6.07, 6.45) is 0.418. The lowest BCUT2D eigenvalue weighted by Gasteiger charge is -2.18. The van der Waals surface area contributed by atoms with E-state index in [0.29, 0.717) is 23.1 Å². The van der Waals surface area contributed by atoms with Gasteiger partial charge in [0, 0.05) is 29.0 Å². The molecule has 0 radical (unpaired) electrons. The van der Waals surface area contributed by atoms with E-state index in [-0.39, 0.29) is 17.0 Å². The van der Waals surface area contributed by atoms with Gasteiger partial charge in [0.15, 0.2) is 0 Å². The number of aromatic nitrogens is 2. The third-order valence-corrected chi connectivity index (χ3v) is 6.54. The maximum Gasteiger partial charge on any atom is 0.338 e. The first-order chi connectivity index (χ1) is 15.9. The predicted octanol–water partition coefficient (Wildman–Crippen LogP) is 2.93. The summed E-state index contributed by atoms with van der Waals surface area (Å²) in [5, 5.41) is -0.514. The minimum absolute atomic E-state index is 0.0823. The molecule has 1 saturated heterocycles. The number of esters is 1. The molecule has 33 heavy (non-hydrogen) atoms. The van der Waals surface area contributed by atoms with Gasteiger partial charge in [-0.15, -0.1) is 0 Å². The number of nitrogens with one attached hydrogen (secondary N) is 1. The Morgan fingerprint density at radius 3 is 2.36 bits per heavy atom. The highest BCUT2D eigenvalue weighted by Gasteiger charge is 2.39. The van der Waals surface area contributed by atoms with E-state index in [4.69, 9.17) is 9.47 Å². The Kier molecular flexibility index (Phi) is 6.90. The van der Waals surface area contributed by atoms with E-state index in [1.807, 2.05) is 6.07 Å². The highest BCUT2D eigenvalue weighted by Crippen LogP contribution is 2.37. The number of carbonyl (C=O) groups is 2. The fourth-order valence-corrected chi connectivity index (χ4v) is 4.64. The lowest BCUT2D eigenvalue weighted by Crippen LogP contribution is -2.33. The molecule has 1 aliphatic rings. The number of carbonyl (C=O) groups excluding carboxylic acids is 2. The van der Waals surface area contributed by atoms with Gasteiger partial charge >= 0.3 is 11.7 Å². The molecule has 4 rings (SSSR count). The van der Waals surface area contributed by atoms with Crippen molar-refractivity contribution >= 4 is 22.8 Å². The third kappa shape index (κ3) is 5.32. The van der Waals surface area contributed by atoms with Crippen LogP contribution in [0.3, 0.4) is 0 Å². The number of ether oxygens (including phenoxy) is 2. The van der Waals surface area contributed by atoms with Crippen molar-refractivity contribution < 1.29 is 19.1 Å². The SMILES string of the molecule is Cc1cn([C@H]2C[C@H](SC(=O)c3ccccc3)[C@@H](COC(=O)c3ccccc3)O2)c(=O)[nH]c1=O. The van der Waals surface area contributed by atoms with Gasteiger partial charge in [0.1, 0.15) is 18.9 Å². The molecule has 170 valence electrons. The second kappa shape index (κ2) is 10.0. The molecule has 2 heterocycles.